The first-order valence-corrected chi connectivity index (χ1v) is 8.70. The molecule has 0 aromatic heterocycles. The molecule has 1 heterocycles. The Balaban J connectivity index is 2.09. The summed E-state index contributed by atoms with van der Waals surface area (Å²) in [6.45, 7) is 5.34. The first-order valence-electron chi connectivity index (χ1n) is 7.15. The van der Waals surface area contributed by atoms with Gasteiger partial charge in [0.15, 0.2) is 0 Å². The van der Waals surface area contributed by atoms with Gasteiger partial charge in [-0.25, -0.2) is 18.4 Å². The number of aryl methyl sites for hydroxylation is 1. The maximum Gasteiger partial charge on any atom is 0.317 e. The van der Waals surface area contributed by atoms with Crippen LogP contribution in [0.5, 0.6) is 0 Å². The third-order valence-corrected chi connectivity index (χ3v) is 4.72. The zero-order valence-electron chi connectivity index (χ0n) is 13.0. The van der Waals surface area contributed by atoms with Crippen LogP contribution >= 0.6 is 0 Å². The summed E-state index contributed by atoms with van der Waals surface area (Å²) in [4.78, 5) is 25.2. The molecule has 1 fully saturated rings. The van der Waals surface area contributed by atoms with Gasteiger partial charge in [-0.2, -0.15) is 0 Å². The van der Waals surface area contributed by atoms with E-state index in [4.69, 9.17) is 5.14 Å². The monoisotopic (exact) mass is 340 g/mol. The van der Waals surface area contributed by atoms with Gasteiger partial charge >= 0.3 is 6.03 Å². The van der Waals surface area contributed by atoms with Crippen LogP contribution in [-0.4, -0.2) is 51.4 Å². The summed E-state index contributed by atoms with van der Waals surface area (Å²) in [6, 6.07) is 2.56. The number of carbonyl (C=O) groups is 2. The average Bonchev–Trinajstić information content (AvgIpc) is 2.86. The lowest BCUT2D eigenvalue weighted by molar-refractivity contribution is 0.0949. The van der Waals surface area contributed by atoms with Crippen molar-refractivity contribution in [3.8, 4) is 0 Å². The van der Waals surface area contributed by atoms with Crippen LogP contribution in [0.3, 0.4) is 0 Å². The zero-order valence-corrected chi connectivity index (χ0v) is 13.9. The third kappa shape index (κ3) is 3.99. The number of carbonyl (C=O) groups excluding carboxylic acids is 2. The van der Waals surface area contributed by atoms with Crippen molar-refractivity contribution in [1.29, 1.82) is 0 Å². The van der Waals surface area contributed by atoms with Crippen molar-refractivity contribution in [2.24, 2.45) is 5.14 Å². The second-order valence-electron chi connectivity index (χ2n) is 5.43. The van der Waals surface area contributed by atoms with Crippen molar-refractivity contribution in [3.05, 3.63) is 28.8 Å². The van der Waals surface area contributed by atoms with Gasteiger partial charge in [-0.05, 0) is 37.1 Å². The first kappa shape index (κ1) is 17.2. The Hall–Kier alpha value is -2.13. The van der Waals surface area contributed by atoms with E-state index in [0.717, 1.165) is 0 Å². The normalized spacial score (nSPS) is 14.7. The summed E-state index contributed by atoms with van der Waals surface area (Å²) in [7, 11) is -3.88. The van der Waals surface area contributed by atoms with Crippen LogP contribution in [0.25, 0.3) is 0 Å². The van der Waals surface area contributed by atoms with Crippen LogP contribution in [-0.2, 0) is 10.0 Å². The van der Waals surface area contributed by atoms with Gasteiger partial charge in [-0.1, -0.05) is 0 Å². The van der Waals surface area contributed by atoms with Gasteiger partial charge in [0.25, 0.3) is 5.91 Å². The Kier molecular flexibility index (Phi) is 4.90. The predicted octanol–water partition coefficient (Wildman–Crippen LogP) is -0.294. The van der Waals surface area contributed by atoms with Crippen molar-refractivity contribution >= 4 is 22.0 Å². The number of nitrogens with one attached hydrogen (secondary N) is 2. The number of hydrogen-bond donors (Lipinski definition) is 3. The van der Waals surface area contributed by atoms with Gasteiger partial charge in [0, 0.05) is 31.7 Å². The number of primary sulfonamides is 1. The number of nitrogens with two attached hydrogens (primary N) is 1. The van der Waals surface area contributed by atoms with Crippen molar-refractivity contribution in [1.82, 2.24) is 15.5 Å². The minimum absolute atomic E-state index is 0.0929. The van der Waals surface area contributed by atoms with E-state index in [-0.39, 0.29) is 23.0 Å². The molecule has 0 unspecified atom stereocenters. The van der Waals surface area contributed by atoms with Crippen LogP contribution in [0.15, 0.2) is 17.0 Å². The fourth-order valence-electron chi connectivity index (χ4n) is 2.35. The topological polar surface area (TPSA) is 122 Å². The molecule has 23 heavy (non-hydrogen) atoms. The number of amides is 3. The molecule has 4 N–H and O–H groups in total. The molecule has 1 aromatic rings. The van der Waals surface area contributed by atoms with Crippen LogP contribution in [0.1, 0.15) is 21.5 Å². The summed E-state index contributed by atoms with van der Waals surface area (Å²) in [6.07, 6.45) is 0. The number of nitrogens with zero attached hydrogens (tertiary/aromatic N) is 1. The Morgan fingerprint density at radius 1 is 1.39 bits per heavy atom. The fraction of sp³-hybridized carbons (Fsp3) is 0.429. The number of urea groups is 1. The van der Waals surface area contributed by atoms with E-state index in [9.17, 15) is 18.0 Å². The SMILES string of the molecule is Cc1cc(S(N)(=O)=O)cc(C(=O)NCCN2CCNC2=O)c1C. The van der Waals surface area contributed by atoms with Crippen LogP contribution < -0.4 is 15.8 Å². The van der Waals surface area contributed by atoms with Crippen molar-refractivity contribution in [3.63, 3.8) is 0 Å². The molecule has 0 aliphatic carbocycles. The molecule has 1 aliphatic rings. The highest BCUT2D eigenvalue weighted by Gasteiger charge is 2.20. The maximum absolute atomic E-state index is 12.3. The number of sulfonamides is 1. The van der Waals surface area contributed by atoms with Crippen molar-refractivity contribution in [2.45, 2.75) is 18.7 Å². The Morgan fingerprint density at radius 3 is 2.65 bits per heavy atom. The summed E-state index contributed by atoms with van der Waals surface area (Å²) < 4.78 is 23.0. The second-order valence-corrected chi connectivity index (χ2v) is 6.99. The molecule has 126 valence electrons. The molecule has 0 spiro atoms. The first-order chi connectivity index (χ1) is 10.7. The van der Waals surface area contributed by atoms with Gasteiger partial charge in [0.05, 0.1) is 4.90 Å². The highest BCUT2D eigenvalue weighted by Crippen LogP contribution is 2.19. The van der Waals surface area contributed by atoms with Crippen LogP contribution in [0.2, 0.25) is 0 Å². The molecule has 0 radical (unpaired) electrons. The van der Waals surface area contributed by atoms with Crippen LogP contribution in [0.4, 0.5) is 4.79 Å². The maximum atomic E-state index is 12.3. The molecule has 2 rings (SSSR count). The van der Waals surface area contributed by atoms with Crippen molar-refractivity contribution < 1.29 is 18.0 Å². The molecular weight excluding hydrogens is 320 g/mol. The van der Waals surface area contributed by atoms with Gasteiger partial charge in [-0.3, -0.25) is 4.79 Å². The quantitative estimate of drug-likeness (QED) is 0.681. The summed E-state index contributed by atoms with van der Waals surface area (Å²) in [5, 5.41) is 10.5. The van der Waals surface area contributed by atoms with Gasteiger partial charge in [-0.15, -0.1) is 0 Å². The van der Waals surface area contributed by atoms with E-state index in [1.165, 1.54) is 12.1 Å². The molecule has 1 aliphatic heterocycles. The third-order valence-electron chi connectivity index (χ3n) is 3.83. The lowest BCUT2D eigenvalue weighted by Gasteiger charge is -2.15. The van der Waals surface area contributed by atoms with Gasteiger partial charge < -0.3 is 15.5 Å². The highest BCUT2D eigenvalue weighted by molar-refractivity contribution is 7.89. The molecule has 8 nitrogen and oxygen atoms in total. The Bertz CT molecular complexity index is 745. The molecule has 0 atom stereocenters. The summed E-state index contributed by atoms with van der Waals surface area (Å²) in [5.74, 6) is -0.393. The summed E-state index contributed by atoms with van der Waals surface area (Å²) >= 11 is 0. The molecule has 0 saturated carbocycles. The van der Waals surface area contributed by atoms with Gasteiger partial charge in [0.2, 0.25) is 10.0 Å². The van der Waals surface area contributed by atoms with E-state index in [1.54, 1.807) is 18.7 Å². The van der Waals surface area contributed by atoms with E-state index >= 15 is 0 Å². The predicted molar refractivity (Wildman–Crippen MR) is 84.6 cm³/mol. The van der Waals surface area contributed by atoms with Gasteiger partial charge in [0.1, 0.15) is 0 Å². The van der Waals surface area contributed by atoms with E-state index in [2.05, 4.69) is 10.6 Å². The average molecular weight is 340 g/mol. The van der Waals surface area contributed by atoms with Crippen molar-refractivity contribution in [2.75, 3.05) is 26.2 Å². The molecule has 3 amide bonds. The van der Waals surface area contributed by atoms with E-state index < -0.39 is 15.9 Å². The fourth-order valence-corrected chi connectivity index (χ4v) is 2.97. The zero-order chi connectivity index (χ0) is 17.2. The second kappa shape index (κ2) is 6.55. The molecule has 0 bridgehead atoms. The molecule has 9 heteroatoms. The Labute approximate surface area is 135 Å². The lowest BCUT2D eigenvalue weighted by Crippen LogP contribution is -2.37. The largest absolute Gasteiger partial charge is 0.350 e. The van der Waals surface area contributed by atoms with E-state index in [1.807, 2.05) is 0 Å². The van der Waals surface area contributed by atoms with E-state index in [0.29, 0.717) is 30.8 Å². The summed E-state index contributed by atoms with van der Waals surface area (Å²) in [5.41, 5.74) is 1.62. The molecule has 1 aromatic carbocycles. The number of benzene rings is 1. The number of rotatable bonds is 5. The minimum atomic E-state index is -3.88. The molecular formula is C14H20N4O4S. The number of hydrogen-bond acceptors (Lipinski definition) is 4. The standard InChI is InChI=1S/C14H20N4O4S/c1-9-7-11(23(15,21)22)8-12(10(9)2)13(19)16-3-5-18-6-4-17-14(18)20/h7-8H,3-6H2,1-2H3,(H,16,19)(H,17,20)(H2,15,21,22). The smallest absolute Gasteiger partial charge is 0.317 e. The van der Waals surface area contributed by atoms with Crippen LogP contribution in [0, 0.1) is 13.8 Å². The molecule has 1 saturated heterocycles. The Morgan fingerprint density at radius 2 is 2.09 bits per heavy atom. The lowest BCUT2D eigenvalue weighted by atomic mass is 10.0. The minimum Gasteiger partial charge on any atom is -0.350 e. The highest BCUT2D eigenvalue weighted by atomic mass is 32.2.